The molecule has 1 aromatic carbocycles. The Morgan fingerprint density at radius 3 is 2.67 bits per heavy atom. The molecule has 0 aliphatic carbocycles. The normalized spacial score (nSPS) is 27.0. The monoisotopic (exact) mass is 296 g/mol. The molecule has 0 amide bonds. The molecular weight excluding hydrogens is 270 g/mol. The highest BCUT2D eigenvalue weighted by atomic mass is 19.2. The van der Waals surface area contributed by atoms with E-state index < -0.39 is 11.6 Å². The van der Waals surface area contributed by atoms with Crippen LogP contribution in [0.25, 0.3) is 0 Å². The Balaban J connectivity index is 1.97. The van der Waals surface area contributed by atoms with Gasteiger partial charge in [-0.25, -0.2) is 8.78 Å². The molecule has 1 fully saturated rings. The van der Waals surface area contributed by atoms with Crippen molar-refractivity contribution in [2.45, 2.75) is 52.2 Å². The number of rotatable bonds is 5. The summed E-state index contributed by atoms with van der Waals surface area (Å²) in [6.07, 6.45) is 2.26. The summed E-state index contributed by atoms with van der Waals surface area (Å²) in [5.41, 5.74) is 0.841. The van der Waals surface area contributed by atoms with E-state index in [2.05, 4.69) is 31.0 Å². The van der Waals surface area contributed by atoms with Crippen LogP contribution in [0.4, 0.5) is 8.78 Å². The Bertz CT molecular complexity index is 464. The zero-order valence-electron chi connectivity index (χ0n) is 13.2. The van der Waals surface area contributed by atoms with Crippen molar-refractivity contribution in [3.63, 3.8) is 0 Å². The van der Waals surface area contributed by atoms with E-state index in [0.717, 1.165) is 31.5 Å². The largest absolute Gasteiger partial charge is 0.314 e. The van der Waals surface area contributed by atoms with Gasteiger partial charge in [0.1, 0.15) is 0 Å². The lowest BCUT2D eigenvalue weighted by Crippen LogP contribution is -2.53. The second-order valence-electron chi connectivity index (χ2n) is 6.17. The quantitative estimate of drug-likeness (QED) is 0.893. The summed E-state index contributed by atoms with van der Waals surface area (Å²) >= 11 is 0. The minimum Gasteiger partial charge on any atom is -0.314 e. The summed E-state index contributed by atoms with van der Waals surface area (Å²) in [5, 5.41) is 3.62. The maximum Gasteiger partial charge on any atom is 0.159 e. The van der Waals surface area contributed by atoms with Gasteiger partial charge < -0.3 is 5.32 Å². The van der Waals surface area contributed by atoms with Crippen molar-refractivity contribution in [3.8, 4) is 0 Å². The van der Waals surface area contributed by atoms with Crippen molar-refractivity contribution in [1.29, 1.82) is 0 Å². The van der Waals surface area contributed by atoms with Crippen LogP contribution in [0.1, 0.15) is 39.2 Å². The van der Waals surface area contributed by atoms with E-state index in [1.54, 1.807) is 6.07 Å². The van der Waals surface area contributed by atoms with Gasteiger partial charge in [-0.2, -0.15) is 0 Å². The van der Waals surface area contributed by atoms with Gasteiger partial charge in [-0.3, -0.25) is 4.90 Å². The fourth-order valence-corrected chi connectivity index (χ4v) is 3.15. The maximum atomic E-state index is 13.3. The first-order valence-corrected chi connectivity index (χ1v) is 7.94. The molecule has 0 saturated carbocycles. The summed E-state index contributed by atoms with van der Waals surface area (Å²) < 4.78 is 26.3. The Morgan fingerprint density at radius 1 is 1.24 bits per heavy atom. The van der Waals surface area contributed by atoms with Gasteiger partial charge in [0.05, 0.1) is 0 Å². The fraction of sp³-hybridized carbons (Fsp3) is 0.647. The van der Waals surface area contributed by atoms with Crippen LogP contribution in [-0.2, 0) is 6.54 Å². The molecule has 1 N–H and O–H groups in total. The lowest BCUT2D eigenvalue weighted by Gasteiger charge is -2.43. The molecular formula is C17H26F2N2. The lowest BCUT2D eigenvalue weighted by molar-refractivity contribution is 0.0784. The Hall–Kier alpha value is -1.00. The summed E-state index contributed by atoms with van der Waals surface area (Å²) in [4.78, 5) is 2.36. The van der Waals surface area contributed by atoms with E-state index in [1.165, 1.54) is 12.1 Å². The van der Waals surface area contributed by atoms with Gasteiger partial charge in [0.2, 0.25) is 0 Å². The number of halogens is 2. The van der Waals surface area contributed by atoms with Crippen molar-refractivity contribution < 1.29 is 8.78 Å². The van der Waals surface area contributed by atoms with Crippen molar-refractivity contribution >= 4 is 0 Å². The molecule has 1 aliphatic rings. The zero-order valence-corrected chi connectivity index (χ0v) is 13.2. The second kappa shape index (κ2) is 7.32. The van der Waals surface area contributed by atoms with Gasteiger partial charge in [0.15, 0.2) is 11.6 Å². The number of benzene rings is 1. The molecule has 2 rings (SSSR count). The van der Waals surface area contributed by atoms with Gasteiger partial charge in [0.25, 0.3) is 0 Å². The summed E-state index contributed by atoms with van der Waals surface area (Å²) in [5.74, 6) is -0.981. The second-order valence-corrected chi connectivity index (χ2v) is 6.17. The van der Waals surface area contributed by atoms with Crippen molar-refractivity contribution in [3.05, 3.63) is 35.4 Å². The van der Waals surface area contributed by atoms with Crippen LogP contribution >= 0.6 is 0 Å². The number of piperidine rings is 1. The van der Waals surface area contributed by atoms with E-state index in [4.69, 9.17) is 0 Å². The number of nitrogens with zero attached hydrogens (tertiary/aromatic N) is 1. The van der Waals surface area contributed by atoms with E-state index in [9.17, 15) is 8.78 Å². The Labute approximate surface area is 126 Å². The molecule has 0 aromatic heterocycles. The predicted molar refractivity (Wildman–Crippen MR) is 82.1 cm³/mol. The molecule has 2 nitrogen and oxygen atoms in total. The molecule has 0 radical (unpaired) electrons. The van der Waals surface area contributed by atoms with E-state index in [-0.39, 0.29) is 0 Å². The molecule has 1 heterocycles. The van der Waals surface area contributed by atoms with Crippen LogP contribution in [0, 0.1) is 17.6 Å². The van der Waals surface area contributed by atoms with Crippen LogP contribution in [0.5, 0.6) is 0 Å². The Morgan fingerprint density at radius 2 is 2.00 bits per heavy atom. The third-order valence-electron chi connectivity index (χ3n) is 4.73. The predicted octanol–water partition coefficient (Wildman–Crippen LogP) is 3.56. The smallest absolute Gasteiger partial charge is 0.159 e. The number of hydrogen-bond acceptors (Lipinski definition) is 2. The average molecular weight is 296 g/mol. The number of nitrogens with one attached hydrogen (secondary N) is 1. The molecule has 21 heavy (non-hydrogen) atoms. The SMILES string of the molecule is CCCNC1CCN(Cc2ccc(F)c(F)c2)C(C)C1C. The highest BCUT2D eigenvalue weighted by Gasteiger charge is 2.31. The Kier molecular flexibility index (Phi) is 5.71. The minimum atomic E-state index is -0.775. The third-order valence-corrected chi connectivity index (χ3v) is 4.73. The van der Waals surface area contributed by atoms with Crippen LogP contribution in [0.15, 0.2) is 18.2 Å². The summed E-state index contributed by atoms with van der Waals surface area (Å²) in [6.45, 7) is 9.42. The van der Waals surface area contributed by atoms with Crippen LogP contribution < -0.4 is 5.32 Å². The van der Waals surface area contributed by atoms with Gasteiger partial charge in [0, 0.05) is 25.2 Å². The van der Waals surface area contributed by atoms with E-state index in [1.807, 2.05) is 0 Å². The van der Waals surface area contributed by atoms with Crippen LogP contribution in [0.2, 0.25) is 0 Å². The average Bonchev–Trinajstić information content (AvgIpc) is 2.47. The van der Waals surface area contributed by atoms with Crippen LogP contribution in [0.3, 0.4) is 0 Å². The first-order chi connectivity index (χ1) is 10.0. The molecule has 4 heteroatoms. The molecule has 118 valence electrons. The number of hydrogen-bond donors (Lipinski definition) is 1. The highest BCUT2D eigenvalue weighted by molar-refractivity contribution is 5.18. The zero-order chi connectivity index (χ0) is 15.4. The lowest BCUT2D eigenvalue weighted by atomic mass is 9.86. The van der Waals surface area contributed by atoms with Crippen molar-refractivity contribution in [2.75, 3.05) is 13.1 Å². The highest BCUT2D eigenvalue weighted by Crippen LogP contribution is 2.25. The van der Waals surface area contributed by atoms with E-state index in [0.29, 0.717) is 24.5 Å². The molecule has 0 bridgehead atoms. The summed E-state index contributed by atoms with van der Waals surface area (Å²) in [7, 11) is 0. The first kappa shape index (κ1) is 16.4. The van der Waals surface area contributed by atoms with Crippen molar-refractivity contribution in [2.24, 2.45) is 5.92 Å². The van der Waals surface area contributed by atoms with Gasteiger partial charge in [-0.1, -0.05) is 19.9 Å². The molecule has 1 saturated heterocycles. The minimum absolute atomic E-state index is 0.432. The van der Waals surface area contributed by atoms with Crippen molar-refractivity contribution in [1.82, 2.24) is 10.2 Å². The fourth-order valence-electron chi connectivity index (χ4n) is 3.15. The molecule has 1 aromatic rings. The molecule has 3 atom stereocenters. The third kappa shape index (κ3) is 4.01. The van der Waals surface area contributed by atoms with Gasteiger partial charge >= 0.3 is 0 Å². The standard InChI is InChI=1S/C17H26F2N2/c1-4-8-20-17-7-9-21(13(3)12(17)2)11-14-5-6-15(18)16(19)10-14/h5-6,10,12-13,17,20H,4,7-9,11H2,1-3H3. The summed E-state index contributed by atoms with van der Waals surface area (Å²) in [6, 6.07) is 5.20. The van der Waals surface area contributed by atoms with Crippen LogP contribution in [-0.4, -0.2) is 30.1 Å². The number of likely N-dealkylation sites (tertiary alicyclic amines) is 1. The van der Waals surface area contributed by atoms with E-state index >= 15 is 0 Å². The van der Waals surface area contributed by atoms with Gasteiger partial charge in [-0.05, 0) is 49.9 Å². The van der Waals surface area contributed by atoms with Gasteiger partial charge in [-0.15, -0.1) is 0 Å². The molecule has 3 unspecified atom stereocenters. The molecule has 0 spiro atoms. The maximum absolute atomic E-state index is 13.3. The molecule has 1 aliphatic heterocycles. The first-order valence-electron chi connectivity index (χ1n) is 7.94. The topological polar surface area (TPSA) is 15.3 Å².